The zero-order chi connectivity index (χ0) is 19.5. The van der Waals surface area contributed by atoms with Crippen molar-refractivity contribution >= 4 is 22.9 Å². The zero-order valence-corrected chi connectivity index (χ0v) is 16.5. The van der Waals surface area contributed by atoms with Gasteiger partial charge in [-0.05, 0) is 68.8 Å². The van der Waals surface area contributed by atoms with Gasteiger partial charge in [0.1, 0.15) is 11.5 Å². The summed E-state index contributed by atoms with van der Waals surface area (Å²) in [5.41, 5.74) is 1.16. The average Bonchev–Trinajstić information content (AvgIpc) is 3.43. The molecule has 1 aliphatic heterocycles. The van der Waals surface area contributed by atoms with E-state index < -0.39 is 0 Å². The van der Waals surface area contributed by atoms with Crippen molar-refractivity contribution in [2.24, 2.45) is 0 Å². The maximum atomic E-state index is 12.6. The van der Waals surface area contributed by atoms with Gasteiger partial charge >= 0.3 is 0 Å². The highest BCUT2D eigenvalue weighted by Gasteiger charge is 2.28. The van der Waals surface area contributed by atoms with E-state index in [9.17, 15) is 4.79 Å². The van der Waals surface area contributed by atoms with Gasteiger partial charge in [-0.1, -0.05) is 6.07 Å². The number of furan rings is 1. The van der Waals surface area contributed by atoms with Crippen LogP contribution in [-0.4, -0.2) is 17.4 Å². The Balaban J connectivity index is 1.45. The molecule has 2 aromatic heterocycles. The number of nitrogens with zero attached hydrogens (tertiary/aromatic N) is 2. The summed E-state index contributed by atoms with van der Waals surface area (Å²) >= 11 is 1.54. The molecule has 5 nitrogen and oxygen atoms in total. The topological polar surface area (TPSA) is 69.3 Å². The highest BCUT2D eigenvalue weighted by atomic mass is 32.1. The van der Waals surface area contributed by atoms with Gasteiger partial charge in [0, 0.05) is 16.6 Å². The van der Waals surface area contributed by atoms with E-state index in [4.69, 9.17) is 9.68 Å². The number of hydrogen-bond donors (Lipinski definition) is 1. The number of rotatable bonds is 5. The molecule has 0 bridgehead atoms. The highest BCUT2D eigenvalue weighted by molar-refractivity contribution is 7.14. The number of carbonyl (C=O) groups excluding carboxylic acids is 1. The molecule has 1 aliphatic rings. The third-order valence-electron chi connectivity index (χ3n) is 4.95. The van der Waals surface area contributed by atoms with Crippen LogP contribution < -0.4 is 5.32 Å². The molecule has 1 N–H and O–H groups in total. The van der Waals surface area contributed by atoms with Gasteiger partial charge in [-0.2, -0.15) is 5.26 Å². The van der Waals surface area contributed by atoms with E-state index in [1.807, 2.05) is 25.1 Å². The molecule has 4 rings (SSSR count). The van der Waals surface area contributed by atoms with E-state index in [2.05, 4.69) is 22.4 Å². The molecule has 3 heterocycles. The van der Waals surface area contributed by atoms with E-state index in [0.717, 1.165) is 37.5 Å². The van der Waals surface area contributed by atoms with Crippen LogP contribution in [0.5, 0.6) is 0 Å². The minimum absolute atomic E-state index is 0.141. The Hall–Kier alpha value is -2.88. The van der Waals surface area contributed by atoms with Crippen LogP contribution in [0, 0.1) is 18.3 Å². The van der Waals surface area contributed by atoms with Gasteiger partial charge in [0.25, 0.3) is 5.91 Å². The number of carbonyl (C=O) groups is 1. The van der Waals surface area contributed by atoms with Gasteiger partial charge in [0.15, 0.2) is 0 Å². The standard InChI is InChI=1S/C22H21N3O2S/c1-15-7-8-18(27-15)14-25-11-3-6-19(25)20-9-10-21(28-20)22(26)24-17-5-2-4-16(12-17)13-23/h2,4-5,7-10,12,19H,3,6,11,14H2,1H3,(H,24,26)/t19-/m1/s1. The van der Waals surface area contributed by atoms with Crippen LogP contribution in [0.15, 0.2) is 52.9 Å². The summed E-state index contributed by atoms with van der Waals surface area (Å²) in [6.07, 6.45) is 2.23. The molecule has 0 spiro atoms. The Kier molecular flexibility index (Phi) is 5.29. The third-order valence-corrected chi connectivity index (χ3v) is 6.13. The van der Waals surface area contributed by atoms with Gasteiger partial charge in [-0.15, -0.1) is 11.3 Å². The monoisotopic (exact) mass is 391 g/mol. The minimum Gasteiger partial charge on any atom is -0.465 e. The van der Waals surface area contributed by atoms with E-state index in [0.29, 0.717) is 22.2 Å². The van der Waals surface area contributed by atoms with Crippen molar-refractivity contribution in [3.63, 3.8) is 0 Å². The van der Waals surface area contributed by atoms with Crippen LogP contribution in [0.3, 0.4) is 0 Å². The predicted molar refractivity (Wildman–Crippen MR) is 109 cm³/mol. The quantitative estimate of drug-likeness (QED) is 0.656. The molecular formula is C22H21N3O2S. The lowest BCUT2D eigenvalue weighted by molar-refractivity contribution is 0.103. The van der Waals surface area contributed by atoms with Crippen molar-refractivity contribution in [1.29, 1.82) is 5.26 Å². The maximum absolute atomic E-state index is 12.6. The first kappa shape index (κ1) is 18.5. The normalized spacial score (nSPS) is 16.8. The first-order valence-electron chi connectivity index (χ1n) is 9.33. The largest absolute Gasteiger partial charge is 0.465 e. The Bertz CT molecular complexity index is 1030. The van der Waals surface area contributed by atoms with E-state index in [1.54, 1.807) is 24.3 Å². The van der Waals surface area contributed by atoms with Crippen molar-refractivity contribution in [3.05, 3.63) is 75.4 Å². The van der Waals surface area contributed by atoms with Crippen LogP contribution >= 0.6 is 11.3 Å². The number of thiophene rings is 1. The molecule has 0 radical (unpaired) electrons. The summed E-state index contributed by atoms with van der Waals surface area (Å²) in [5, 5.41) is 11.9. The average molecular weight is 391 g/mol. The van der Waals surface area contributed by atoms with Crippen LogP contribution in [0.4, 0.5) is 5.69 Å². The molecule has 0 aliphatic carbocycles. The predicted octanol–water partition coefficient (Wildman–Crippen LogP) is 5.11. The van der Waals surface area contributed by atoms with Gasteiger partial charge in [-0.25, -0.2) is 0 Å². The van der Waals surface area contributed by atoms with Gasteiger partial charge in [-0.3, -0.25) is 9.69 Å². The molecule has 1 aromatic carbocycles. The summed E-state index contributed by atoms with van der Waals surface area (Å²) < 4.78 is 5.73. The number of nitriles is 1. The highest BCUT2D eigenvalue weighted by Crippen LogP contribution is 2.37. The van der Waals surface area contributed by atoms with Crippen LogP contribution in [0.2, 0.25) is 0 Å². The second-order valence-electron chi connectivity index (χ2n) is 6.99. The molecule has 6 heteroatoms. The summed E-state index contributed by atoms with van der Waals surface area (Å²) in [6, 6.07) is 17.3. The van der Waals surface area contributed by atoms with Crippen molar-refractivity contribution in [3.8, 4) is 6.07 Å². The Labute approximate surface area is 168 Å². The van der Waals surface area contributed by atoms with Gasteiger partial charge in [0.05, 0.1) is 23.1 Å². The van der Waals surface area contributed by atoms with E-state index >= 15 is 0 Å². The van der Waals surface area contributed by atoms with Gasteiger partial charge in [0.2, 0.25) is 0 Å². The summed E-state index contributed by atoms with van der Waals surface area (Å²) in [5.74, 6) is 1.77. The fourth-order valence-corrected chi connectivity index (χ4v) is 4.69. The lowest BCUT2D eigenvalue weighted by atomic mass is 10.2. The van der Waals surface area contributed by atoms with Crippen molar-refractivity contribution < 1.29 is 9.21 Å². The molecular weight excluding hydrogens is 370 g/mol. The second-order valence-corrected chi connectivity index (χ2v) is 8.10. The third kappa shape index (κ3) is 4.01. The summed E-state index contributed by atoms with van der Waals surface area (Å²) in [4.78, 5) is 16.9. The Morgan fingerprint density at radius 1 is 1.32 bits per heavy atom. The fourth-order valence-electron chi connectivity index (χ4n) is 3.62. The second kappa shape index (κ2) is 8.01. The number of likely N-dealkylation sites (tertiary alicyclic amines) is 1. The Morgan fingerprint density at radius 2 is 2.21 bits per heavy atom. The number of amides is 1. The van der Waals surface area contributed by atoms with E-state index in [1.165, 1.54) is 16.2 Å². The molecule has 1 atom stereocenters. The lowest BCUT2D eigenvalue weighted by Crippen LogP contribution is -2.21. The smallest absolute Gasteiger partial charge is 0.265 e. The molecule has 0 saturated carbocycles. The van der Waals surface area contributed by atoms with Crippen LogP contribution in [0.25, 0.3) is 0 Å². The number of anilines is 1. The van der Waals surface area contributed by atoms with Crippen LogP contribution in [-0.2, 0) is 6.54 Å². The molecule has 28 heavy (non-hydrogen) atoms. The SMILES string of the molecule is Cc1ccc(CN2CCC[C@@H]2c2ccc(C(=O)Nc3cccc(C#N)c3)s2)o1. The molecule has 1 saturated heterocycles. The molecule has 3 aromatic rings. The van der Waals surface area contributed by atoms with Crippen molar-refractivity contribution in [1.82, 2.24) is 4.90 Å². The Morgan fingerprint density at radius 3 is 3.00 bits per heavy atom. The van der Waals surface area contributed by atoms with Crippen molar-refractivity contribution in [2.75, 3.05) is 11.9 Å². The number of benzene rings is 1. The number of nitrogens with one attached hydrogen (secondary N) is 1. The maximum Gasteiger partial charge on any atom is 0.265 e. The fraction of sp³-hybridized carbons (Fsp3) is 0.273. The number of aryl methyl sites for hydroxylation is 1. The molecule has 142 valence electrons. The first-order valence-corrected chi connectivity index (χ1v) is 10.1. The molecule has 1 amide bonds. The lowest BCUT2D eigenvalue weighted by Gasteiger charge is -2.22. The molecule has 0 unspecified atom stereocenters. The number of hydrogen-bond acceptors (Lipinski definition) is 5. The first-order chi connectivity index (χ1) is 13.6. The molecule has 1 fully saturated rings. The van der Waals surface area contributed by atoms with Crippen LogP contribution in [0.1, 0.15) is 50.5 Å². The van der Waals surface area contributed by atoms with Gasteiger partial charge < -0.3 is 9.73 Å². The minimum atomic E-state index is -0.141. The van der Waals surface area contributed by atoms with Crippen molar-refractivity contribution in [2.45, 2.75) is 32.4 Å². The zero-order valence-electron chi connectivity index (χ0n) is 15.6. The van der Waals surface area contributed by atoms with E-state index in [-0.39, 0.29) is 5.91 Å². The summed E-state index contributed by atoms with van der Waals surface area (Å²) in [6.45, 7) is 3.78. The summed E-state index contributed by atoms with van der Waals surface area (Å²) in [7, 11) is 0.